The first-order valence-corrected chi connectivity index (χ1v) is 9.41. The number of carbonyl (C=O) groups excluding carboxylic acids is 1. The number of hydrogen-bond donors (Lipinski definition) is 0. The molecule has 0 aliphatic heterocycles. The van der Waals surface area contributed by atoms with Gasteiger partial charge < -0.3 is 4.90 Å². The average molecular weight is 394 g/mol. The fourth-order valence-corrected chi connectivity index (χ4v) is 4.36. The van der Waals surface area contributed by atoms with Gasteiger partial charge >= 0.3 is 0 Å². The summed E-state index contributed by atoms with van der Waals surface area (Å²) in [6, 6.07) is 3.76. The van der Waals surface area contributed by atoms with Gasteiger partial charge in [-0.1, -0.05) is 0 Å². The second-order valence-corrected chi connectivity index (χ2v) is 7.80. The van der Waals surface area contributed by atoms with Crippen LogP contribution >= 0.6 is 22.7 Å². The number of aryl methyl sites for hydroxylation is 1. The van der Waals surface area contributed by atoms with Gasteiger partial charge in [0.2, 0.25) is 0 Å². The molecule has 1 amide bonds. The summed E-state index contributed by atoms with van der Waals surface area (Å²) < 4.78 is 26.2. The van der Waals surface area contributed by atoms with E-state index in [9.17, 15) is 13.6 Å². The van der Waals surface area contributed by atoms with Crippen molar-refractivity contribution in [2.45, 2.75) is 19.8 Å². The number of alkyl halides is 2. The Labute approximate surface area is 157 Å². The molecular formula is C17H16F2N4OS2. The molecule has 0 aliphatic rings. The normalized spacial score (nSPS) is 11.6. The van der Waals surface area contributed by atoms with Crippen LogP contribution in [0.5, 0.6) is 0 Å². The van der Waals surface area contributed by atoms with E-state index in [2.05, 4.69) is 15.0 Å². The van der Waals surface area contributed by atoms with Gasteiger partial charge in [-0.2, -0.15) is 0 Å². The van der Waals surface area contributed by atoms with Gasteiger partial charge in [0.05, 0.1) is 17.1 Å². The van der Waals surface area contributed by atoms with Crippen molar-refractivity contribution < 1.29 is 13.6 Å². The third-order valence-corrected chi connectivity index (χ3v) is 5.69. The van der Waals surface area contributed by atoms with Gasteiger partial charge in [-0.15, -0.1) is 22.7 Å². The zero-order chi connectivity index (χ0) is 18.9. The fourth-order valence-electron chi connectivity index (χ4n) is 2.37. The van der Waals surface area contributed by atoms with Crippen molar-refractivity contribution in [2.75, 3.05) is 13.6 Å². The predicted molar refractivity (Wildman–Crippen MR) is 98.8 cm³/mol. The van der Waals surface area contributed by atoms with E-state index in [0.717, 1.165) is 33.0 Å². The third-order valence-electron chi connectivity index (χ3n) is 3.48. The van der Waals surface area contributed by atoms with Crippen molar-refractivity contribution >= 4 is 28.6 Å². The summed E-state index contributed by atoms with van der Waals surface area (Å²) in [7, 11) is 1.34. The summed E-state index contributed by atoms with van der Waals surface area (Å²) in [6.07, 6.45) is 3.43. The SMILES string of the molecule is Cc1nc(-c2cccnc2)sc1-c1nc(C(=O)N(C)CC(C)(F)F)cs1. The average Bonchev–Trinajstić information content (AvgIpc) is 3.20. The van der Waals surface area contributed by atoms with Gasteiger partial charge in [0.1, 0.15) is 15.7 Å². The van der Waals surface area contributed by atoms with Crippen LogP contribution in [0.3, 0.4) is 0 Å². The van der Waals surface area contributed by atoms with Crippen LogP contribution in [0.2, 0.25) is 0 Å². The number of nitrogens with zero attached hydrogens (tertiary/aromatic N) is 4. The highest BCUT2D eigenvalue weighted by Crippen LogP contribution is 2.36. The van der Waals surface area contributed by atoms with E-state index in [4.69, 9.17) is 0 Å². The second kappa shape index (κ2) is 7.16. The Morgan fingerprint density at radius 2 is 2.08 bits per heavy atom. The molecule has 5 nitrogen and oxygen atoms in total. The van der Waals surface area contributed by atoms with Gasteiger partial charge in [0, 0.05) is 37.3 Å². The number of rotatable bonds is 5. The number of thiazole rings is 2. The van der Waals surface area contributed by atoms with Crippen LogP contribution in [0, 0.1) is 6.92 Å². The number of carbonyl (C=O) groups is 1. The Morgan fingerprint density at radius 1 is 1.31 bits per heavy atom. The first kappa shape index (κ1) is 18.5. The van der Waals surface area contributed by atoms with Gasteiger partial charge in [0.25, 0.3) is 11.8 Å². The lowest BCUT2D eigenvalue weighted by atomic mass is 10.3. The molecule has 0 saturated carbocycles. The lowest BCUT2D eigenvalue weighted by Crippen LogP contribution is -2.36. The highest BCUT2D eigenvalue weighted by molar-refractivity contribution is 7.23. The maximum Gasteiger partial charge on any atom is 0.273 e. The molecule has 0 N–H and O–H groups in total. The van der Waals surface area contributed by atoms with E-state index < -0.39 is 18.4 Å². The maximum atomic E-state index is 13.1. The number of aromatic nitrogens is 3. The highest BCUT2D eigenvalue weighted by atomic mass is 32.1. The second-order valence-electron chi connectivity index (χ2n) is 5.94. The minimum absolute atomic E-state index is 0.160. The highest BCUT2D eigenvalue weighted by Gasteiger charge is 2.27. The van der Waals surface area contributed by atoms with Crippen LogP contribution in [-0.2, 0) is 0 Å². The summed E-state index contributed by atoms with van der Waals surface area (Å²) in [5, 5.41) is 3.05. The Hall–Kier alpha value is -2.26. The van der Waals surface area contributed by atoms with E-state index in [1.807, 2.05) is 19.1 Å². The van der Waals surface area contributed by atoms with Crippen LogP contribution in [0.15, 0.2) is 29.9 Å². The van der Waals surface area contributed by atoms with Crippen molar-refractivity contribution in [3.63, 3.8) is 0 Å². The molecular weight excluding hydrogens is 378 g/mol. The molecule has 136 valence electrons. The Bertz CT molecular complexity index is 918. The van der Waals surface area contributed by atoms with Gasteiger partial charge in [-0.25, -0.2) is 18.7 Å². The van der Waals surface area contributed by atoms with Gasteiger partial charge in [-0.3, -0.25) is 9.78 Å². The fraction of sp³-hybridized carbons (Fsp3) is 0.294. The quantitative estimate of drug-likeness (QED) is 0.645. The molecule has 3 heterocycles. The molecule has 0 fully saturated rings. The number of hydrogen-bond acceptors (Lipinski definition) is 6. The minimum atomic E-state index is -2.95. The lowest BCUT2D eigenvalue weighted by molar-refractivity contribution is -0.00568. The zero-order valence-electron chi connectivity index (χ0n) is 14.4. The smallest absolute Gasteiger partial charge is 0.273 e. The molecule has 0 aromatic carbocycles. The molecule has 3 aromatic heterocycles. The Morgan fingerprint density at radius 3 is 2.73 bits per heavy atom. The lowest BCUT2D eigenvalue weighted by Gasteiger charge is -2.20. The standard InChI is InChI=1S/C17H16F2N4OS2/c1-10-13(26-14(21-10)11-5-4-6-20-7-11)15-22-12(8-25-15)16(24)23(3)9-17(2,18)19/h4-8H,9H2,1-3H3. The van der Waals surface area contributed by atoms with Crippen molar-refractivity contribution in [3.8, 4) is 20.5 Å². The van der Waals surface area contributed by atoms with Crippen molar-refractivity contribution in [1.29, 1.82) is 0 Å². The molecule has 0 unspecified atom stereocenters. The number of amides is 1. The molecule has 0 saturated heterocycles. The summed E-state index contributed by atoms with van der Waals surface area (Å²) in [4.78, 5) is 27.1. The molecule has 3 rings (SSSR count). The summed E-state index contributed by atoms with van der Waals surface area (Å²) in [5.74, 6) is -3.47. The van der Waals surface area contributed by atoms with E-state index in [-0.39, 0.29) is 5.69 Å². The predicted octanol–water partition coefficient (Wildman–Crippen LogP) is 4.36. The van der Waals surface area contributed by atoms with Crippen molar-refractivity contribution in [2.24, 2.45) is 0 Å². The van der Waals surface area contributed by atoms with Crippen LogP contribution in [0.4, 0.5) is 8.78 Å². The molecule has 9 heteroatoms. The topological polar surface area (TPSA) is 59.0 Å². The van der Waals surface area contributed by atoms with Crippen LogP contribution in [-0.4, -0.2) is 45.3 Å². The van der Waals surface area contributed by atoms with Crippen LogP contribution in [0.25, 0.3) is 20.5 Å². The Kier molecular flexibility index (Phi) is 5.10. The van der Waals surface area contributed by atoms with Crippen molar-refractivity contribution in [3.05, 3.63) is 41.3 Å². The third kappa shape index (κ3) is 4.10. The molecule has 0 bridgehead atoms. The zero-order valence-corrected chi connectivity index (χ0v) is 16.0. The van der Waals surface area contributed by atoms with Crippen LogP contribution < -0.4 is 0 Å². The summed E-state index contributed by atoms with van der Waals surface area (Å²) in [6.45, 7) is 2.01. The van der Waals surface area contributed by atoms with Gasteiger partial charge in [-0.05, 0) is 19.1 Å². The summed E-state index contributed by atoms with van der Waals surface area (Å²) >= 11 is 2.76. The Balaban J connectivity index is 1.84. The van der Waals surface area contributed by atoms with Crippen molar-refractivity contribution in [1.82, 2.24) is 19.9 Å². The molecule has 3 aromatic rings. The van der Waals surface area contributed by atoms with E-state index in [0.29, 0.717) is 5.01 Å². The first-order chi connectivity index (χ1) is 12.2. The summed E-state index contributed by atoms with van der Waals surface area (Å²) in [5.41, 5.74) is 1.87. The molecule has 26 heavy (non-hydrogen) atoms. The van der Waals surface area contributed by atoms with E-state index in [1.165, 1.54) is 29.7 Å². The van der Waals surface area contributed by atoms with E-state index in [1.54, 1.807) is 17.8 Å². The first-order valence-electron chi connectivity index (χ1n) is 7.71. The molecule has 0 aliphatic carbocycles. The number of pyridine rings is 1. The number of halogens is 2. The maximum absolute atomic E-state index is 13.1. The molecule has 0 atom stereocenters. The largest absolute Gasteiger partial charge is 0.334 e. The monoisotopic (exact) mass is 394 g/mol. The molecule has 0 radical (unpaired) electrons. The molecule has 0 spiro atoms. The van der Waals surface area contributed by atoms with Crippen LogP contribution in [0.1, 0.15) is 23.1 Å². The minimum Gasteiger partial charge on any atom is -0.334 e. The van der Waals surface area contributed by atoms with Gasteiger partial charge in [0.15, 0.2) is 0 Å². The van der Waals surface area contributed by atoms with E-state index >= 15 is 0 Å².